The first kappa shape index (κ1) is 9.99. The van der Waals surface area contributed by atoms with E-state index < -0.39 is 0 Å². The number of halogens is 1. The molecule has 1 heterocycles. The van der Waals surface area contributed by atoms with E-state index >= 15 is 0 Å². The van der Waals surface area contributed by atoms with E-state index in [9.17, 15) is 0 Å². The van der Waals surface area contributed by atoms with Crippen LogP contribution in [0.3, 0.4) is 0 Å². The maximum absolute atomic E-state index is 5.68. The number of nitrogens with zero attached hydrogens (tertiary/aromatic N) is 1. The van der Waals surface area contributed by atoms with Crippen LogP contribution in [0.25, 0.3) is 0 Å². The largest absolute Gasteiger partial charge is 0.489 e. The van der Waals surface area contributed by atoms with Crippen LogP contribution in [0, 0.1) is 0 Å². The van der Waals surface area contributed by atoms with E-state index in [-0.39, 0.29) is 0 Å². The molecule has 0 N–H and O–H groups in total. The third-order valence-corrected chi connectivity index (χ3v) is 2.16. The predicted molar refractivity (Wildman–Crippen MR) is 60.0 cm³/mol. The summed E-state index contributed by atoms with van der Waals surface area (Å²) in [7, 11) is 0. The maximum atomic E-state index is 5.68. The summed E-state index contributed by atoms with van der Waals surface area (Å²) in [5, 5.41) is 0.499. The van der Waals surface area contributed by atoms with Crippen molar-refractivity contribution in [3.8, 4) is 5.75 Å². The lowest BCUT2D eigenvalue weighted by Crippen LogP contribution is -1.95. The first-order valence-corrected chi connectivity index (χ1v) is 5.01. The summed E-state index contributed by atoms with van der Waals surface area (Å²) in [6.07, 6.45) is 1.71. The molecule has 0 bridgehead atoms. The van der Waals surface area contributed by atoms with E-state index in [4.69, 9.17) is 16.3 Å². The Morgan fingerprint density at radius 1 is 1.07 bits per heavy atom. The number of ether oxygens (including phenoxy) is 1. The molecule has 0 atom stereocenters. The topological polar surface area (TPSA) is 22.1 Å². The smallest absolute Gasteiger partial charge is 0.129 e. The van der Waals surface area contributed by atoms with Crippen molar-refractivity contribution in [1.29, 1.82) is 0 Å². The van der Waals surface area contributed by atoms with Crippen molar-refractivity contribution in [1.82, 2.24) is 4.98 Å². The molecule has 2 aromatic rings. The Balaban J connectivity index is 1.96. The van der Waals surface area contributed by atoms with Gasteiger partial charge in [-0.3, -0.25) is 0 Å². The molecule has 15 heavy (non-hydrogen) atoms. The van der Waals surface area contributed by atoms with Crippen LogP contribution < -0.4 is 4.74 Å². The fraction of sp³-hybridized carbons (Fsp3) is 0.0833. The van der Waals surface area contributed by atoms with E-state index in [1.54, 1.807) is 12.3 Å². The molecule has 1 aromatic heterocycles. The maximum Gasteiger partial charge on any atom is 0.129 e. The van der Waals surface area contributed by atoms with Gasteiger partial charge in [-0.15, -0.1) is 0 Å². The van der Waals surface area contributed by atoms with Gasteiger partial charge in [-0.2, -0.15) is 0 Å². The summed E-state index contributed by atoms with van der Waals surface area (Å²) < 4.78 is 5.55. The molecular formula is C12H10ClNO. The fourth-order valence-corrected chi connectivity index (χ4v) is 1.29. The van der Waals surface area contributed by atoms with Gasteiger partial charge >= 0.3 is 0 Å². The molecule has 0 unspecified atom stereocenters. The minimum atomic E-state index is 0.499. The highest BCUT2D eigenvalue weighted by Gasteiger charge is 1.95. The van der Waals surface area contributed by atoms with Crippen LogP contribution in [-0.4, -0.2) is 4.98 Å². The second kappa shape index (κ2) is 4.80. The molecule has 0 spiro atoms. The SMILES string of the molecule is Clc1ccc(COc2ccccc2)cn1. The molecule has 0 saturated carbocycles. The van der Waals surface area contributed by atoms with Gasteiger partial charge in [0, 0.05) is 11.8 Å². The highest BCUT2D eigenvalue weighted by atomic mass is 35.5. The van der Waals surface area contributed by atoms with Crippen LogP contribution in [0.5, 0.6) is 5.75 Å². The van der Waals surface area contributed by atoms with Crippen molar-refractivity contribution in [2.75, 3.05) is 0 Å². The normalized spacial score (nSPS) is 9.93. The van der Waals surface area contributed by atoms with Crippen molar-refractivity contribution < 1.29 is 4.74 Å². The lowest BCUT2D eigenvalue weighted by Gasteiger charge is -2.05. The zero-order chi connectivity index (χ0) is 10.5. The molecule has 1 aromatic carbocycles. The first-order valence-electron chi connectivity index (χ1n) is 4.63. The van der Waals surface area contributed by atoms with Crippen molar-refractivity contribution in [2.24, 2.45) is 0 Å². The standard InChI is InChI=1S/C12H10ClNO/c13-12-7-6-10(8-14-12)9-15-11-4-2-1-3-5-11/h1-8H,9H2. The van der Waals surface area contributed by atoms with Gasteiger partial charge in [-0.1, -0.05) is 35.9 Å². The second-order valence-corrected chi connectivity index (χ2v) is 3.48. The third kappa shape index (κ3) is 2.96. The van der Waals surface area contributed by atoms with Crippen LogP contribution in [0.4, 0.5) is 0 Å². The molecule has 0 fully saturated rings. The molecule has 76 valence electrons. The number of hydrogen-bond acceptors (Lipinski definition) is 2. The van der Waals surface area contributed by atoms with Crippen LogP contribution in [0.1, 0.15) is 5.56 Å². The molecule has 0 radical (unpaired) electrons. The minimum absolute atomic E-state index is 0.499. The van der Waals surface area contributed by atoms with Gasteiger partial charge in [0.2, 0.25) is 0 Å². The quantitative estimate of drug-likeness (QED) is 0.739. The Labute approximate surface area is 93.5 Å². The highest BCUT2D eigenvalue weighted by molar-refractivity contribution is 6.29. The predicted octanol–water partition coefficient (Wildman–Crippen LogP) is 3.31. The minimum Gasteiger partial charge on any atom is -0.489 e. The Bertz CT molecular complexity index is 413. The van der Waals surface area contributed by atoms with Gasteiger partial charge < -0.3 is 4.74 Å². The van der Waals surface area contributed by atoms with Crippen LogP contribution in [0.2, 0.25) is 5.15 Å². The Morgan fingerprint density at radius 3 is 2.53 bits per heavy atom. The van der Waals surface area contributed by atoms with Gasteiger partial charge in [-0.05, 0) is 18.2 Å². The summed E-state index contributed by atoms with van der Waals surface area (Å²) in [4.78, 5) is 3.98. The van der Waals surface area contributed by atoms with E-state index in [0.29, 0.717) is 11.8 Å². The van der Waals surface area contributed by atoms with Crippen molar-refractivity contribution >= 4 is 11.6 Å². The van der Waals surface area contributed by atoms with E-state index in [0.717, 1.165) is 11.3 Å². The number of pyridine rings is 1. The molecule has 0 aliphatic heterocycles. The summed E-state index contributed by atoms with van der Waals surface area (Å²) in [6.45, 7) is 0.508. The summed E-state index contributed by atoms with van der Waals surface area (Å²) in [5.74, 6) is 0.854. The molecule has 0 saturated heterocycles. The zero-order valence-corrected chi connectivity index (χ0v) is 8.82. The summed E-state index contributed by atoms with van der Waals surface area (Å²) >= 11 is 5.68. The van der Waals surface area contributed by atoms with Gasteiger partial charge in [-0.25, -0.2) is 4.98 Å². The molecule has 0 amide bonds. The molecule has 2 rings (SSSR count). The number of benzene rings is 1. The average molecular weight is 220 g/mol. The lowest BCUT2D eigenvalue weighted by atomic mass is 10.3. The monoisotopic (exact) mass is 219 g/mol. The van der Waals surface area contributed by atoms with Gasteiger partial charge in [0.25, 0.3) is 0 Å². The van der Waals surface area contributed by atoms with Gasteiger partial charge in [0.05, 0.1) is 0 Å². The molecule has 3 heteroatoms. The van der Waals surface area contributed by atoms with Crippen LogP contribution in [0.15, 0.2) is 48.7 Å². The van der Waals surface area contributed by atoms with Gasteiger partial charge in [0.15, 0.2) is 0 Å². The zero-order valence-electron chi connectivity index (χ0n) is 8.06. The summed E-state index contributed by atoms with van der Waals surface area (Å²) in [5.41, 5.74) is 1.00. The number of para-hydroxylation sites is 1. The van der Waals surface area contributed by atoms with E-state index in [1.165, 1.54) is 0 Å². The molecule has 2 nitrogen and oxygen atoms in total. The van der Waals surface area contributed by atoms with Crippen LogP contribution >= 0.6 is 11.6 Å². The lowest BCUT2D eigenvalue weighted by molar-refractivity contribution is 0.306. The molecule has 0 aliphatic rings. The molecule has 0 aliphatic carbocycles. The Kier molecular flexibility index (Phi) is 3.20. The van der Waals surface area contributed by atoms with Crippen molar-refractivity contribution in [2.45, 2.75) is 6.61 Å². The third-order valence-electron chi connectivity index (χ3n) is 1.94. The van der Waals surface area contributed by atoms with Crippen molar-refractivity contribution in [3.63, 3.8) is 0 Å². The highest BCUT2D eigenvalue weighted by Crippen LogP contribution is 2.12. The van der Waals surface area contributed by atoms with E-state index in [1.807, 2.05) is 36.4 Å². The van der Waals surface area contributed by atoms with Crippen molar-refractivity contribution in [3.05, 3.63) is 59.4 Å². The van der Waals surface area contributed by atoms with Crippen LogP contribution in [-0.2, 0) is 6.61 Å². The number of hydrogen-bond donors (Lipinski definition) is 0. The fourth-order valence-electron chi connectivity index (χ4n) is 1.18. The second-order valence-electron chi connectivity index (χ2n) is 3.09. The Hall–Kier alpha value is -1.54. The van der Waals surface area contributed by atoms with E-state index in [2.05, 4.69) is 4.98 Å². The molecular weight excluding hydrogens is 210 g/mol. The van der Waals surface area contributed by atoms with Gasteiger partial charge in [0.1, 0.15) is 17.5 Å². The summed E-state index contributed by atoms with van der Waals surface area (Å²) in [6, 6.07) is 13.3. The Morgan fingerprint density at radius 2 is 1.87 bits per heavy atom. The number of aromatic nitrogens is 1. The number of rotatable bonds is 3. The average Bonchev–Trinajstić information content (AvgIpc) is 2.30. The first-order chi connectivity index (χ1) is 7.34.